The maximum atomic E-state index is 11.5. The van der Waals surface area contributed by atoms with Crippen LogP contribution in [0, 0.1) is 0 Å². The maximum absolute atomic E-state index is 11.5. The van der Waals surface area contributed by atoms with Gasteiger partial charge in [-0.3, -0.25) is 0 Å². The molecule has 4 N–H and O–H groups in total. The summed E-state index contributed by atoms with van der Waals surface area (Å²) in [5.74, 6) is -1.61. The Labute approximate surface area is 167 Å². The minimum Gasteiger partial charge on any atom is -0.461 e. The van der Waals surface area contributed by atoms with Crippen LogP contribution in [0.15, 0.2) is 0 Å². The van der Waals surface area contributed by atoms with Gasteiger partial charge >= 0.3 is 11.9 Å². The zero-order chi connectivity index (χ0) is 21.7. The quantitative estimate of drug-likeness (QED) is 0.237. The van der Waals surface area contributed by atoms with Crippen molar-refractivity contribution < 1.29 is 39.5 Å². The van der Waals surface area contributed by atoms with Crippen LogP contribution in [0.1, 0.15) is 79.1 Å². The second-order valence-corrected chi connectivity index (χ2v) is 7.69. The standard InChI is InChI=1S/C20H38O8/c1-13(2)27-19(25)17(23)15(21)11-9-7-5-6-8-10-12-16(22)18(24)20(26)28-14(3)4/h13-18,21-24H,5-12H2,1-4H3/t15-,16-,17+,18+/m1/s1. The average Bonchev–Trinajstić information content (AvgIpc) is 2.60. The number of unbranched alkanes of at least 4 members (excludes halogenated alkanes) is 5. The summed E-state index contributed by atoms with van der Waals surface area (Å²) in [6.45, 7) is 6.70. The average molecular weight is 407 g/mol. The molecule has 0 rings (SSSR count). The van der Waals surface area contributed by atoms with Crippen molar-refractivity contribution in [3.05, 3.63) is 0 Å². The van der Waals surface area contributed by atoms with Crippen molar-refractivity contribution in [3.63, 3.8) is 0 Å². The van der Waals surface area contributed by atoms with Gasteiger partial charge in [-0.1, -0.05) is 38.5 Å². The van der Waals surface area contributed by atoms with Gasteiger partial charge in [0.15, 0.2) is 12.2 Å². The van der Waals surface area contributed by atoms with Gasteiger partial charge in [-0.2, -0.15) is 0 Å². The molecule has 0 saturated carbocycles. The fourth-order valence-electron chi connectivity index (χ4n) is 2.65. The molecule has 0 fully saturated rings. The Morgan fingerprint density at radius 2 is 0.893 bits per heavy atom. The number of aliphatic hydroxyl groups excluding tert-OH is 4. The lowest BCUT2D eigenvalue weighted by Gasteiger charge is -2.18. The number of rotatable bonds is 15. The lowest BCUT2D eigenvalue weighted by Crippen LogP contribution is -2.36. The van der Waals surface area contributed by atoms with Crippen molar-refractivity contribution in [2.24, 2.45) is 0 Å². The summed E-state index contributed by atoms with van der Waals surface area (Å²) >= 11 is 0. The molecule has 0 radical (unpaired) electrons. The molecule has 0 bridgehead atoms. The maximum Gasteiger partial charge on any atom is 0.337 e. The molecule has 28 heavy (non-hydrogen) atoms. The first kappa shape index (κ1) is 26.8. The third-order valence-corrected chi connectivity index (χ3v) is 4.17. The molecule has 8 heteroatoms. The molecule has 0 amide bonds. The van der Waals surface area contributed by atoms with Crippen LogP contribution in [0.25, 0.3) is 0 Å². The summed E-state index contributed by atoms with van der Waals surface area (Å²) < 4.78 is 9.72. The van der Waals surface area contributed by atoms with E-state index in [1.807, 2.05) is 0 Å². The second kappa shape index (κ2) is 14.7. The molecule has 0 aromatic carbocycles. The number of esters is 2. The zero-order valence-electron chi connectivity index (χ0n) is 17.5. The molecule has 0 spiro atoms. The highest BCUT2D eigenvalue weighted by atomic mass is 16.6. The molecule has 4 atom stereocenters. The first-order valence-corrected chi connectivity index (χ1v) is 10.2. The number of carbonyl (C=O) groups is 2. The van der Waals surface area contributed by atoms with Crippen LogP contribution in [0.4, 0.5) is 0 Å². The molecule has 8 nitrogen and oxygen atoms in total. The van der Waals surface area contributed by atoms with Crippen LogP contribution in [0.3, 0.4) is 0 Å². The second-order valence-electron chi connectivity index (χ2n) is 7.69. The predicted molar refractivity (Wildman–Crippen MR) is 103 cm³/mol. The fourth-order valence-corrected chi connectivity index (χ4v) is 2.65. The summed E-state index contributed by atoms with van der Waals surface area (Å²) in [4.78, 5) is 23.0. The van der Waals surface area contributed by atoms with E-state index in [1.165, 1.54) is 0 Å². The first-order chi connectivity index (χ1) is 13.1. The lowest BCUT2D eigenvalue weighted by molar-refractivity contribution is -0.164. The highest BCUT2D eigenvalue weighted by molar-refractivity contribution is 5.75. The minimum absolute atomic E-state index is 0.317. The summed E-state index contributed by atoms with van der Waals surface area (Å²) in [6.07, 6.45) is -0.480. The van der Waals surface area contributed by atoms with E-state index in [1.54, 1.807) is 27.7 Å². The Morgan fingerprint density at radius 3 is 1.18 bits per heavy atom. The van der Waals surface area contributed by atoms with Gasteiger partial charge in [0.25, 0.3) is 0 Å². The van der Waals surface area contributed by atoms with Gasteiger partial charge in [0.05, 0.1) is 24.4 Å². The monoisotopic (exact) mass is 406 g/mol. The highest BCUT2D eigenvalue weighted by Crippen LogP contribution is 2.14. The molecule has 0 aliphatic heterocycles. The van der Waals surface area contributed by atoms with Crippen LogP contribution in [0.5, 0.6) is 0 Å². The van der Waals surface area contributed by atoms with Gasteiger partial charge in [0, 0.05) is 0 Å². The Bertz CT molecular complexity index is 398. The van der Waals surface area contributed by atoms with E-state index in [4.69, 9.17) is 9.47 Å². The number of carbonyl (C=O) groups excluding carboxylic acids is 2. The van der Waals surface area contributed by atoms with Crippen molar-refractivity contribution in [1.29, 1.82) is 0 Å². The van der Waals surface area contributed by atoms with E-state index in [0.29, 0.717) is 25.7 Å². The predicted octanol–water partition coefficient (Wildman–Crippen LogP) is 1.45. The van der Waals surface area contributed by atoms with Crippen LogP contribution in [-0.4, -0.2) is 69.0 Å². The number of aliphatic hydroxyl groups is 4. The topological polar surface area (TPSA) is 134 Å². The summed E-state index contributed by atoms with van der Waals surface area (Å²) in [6, 6.07) is 0. The summed E-state index contributed by atoms with van der Waals surface area (Å²) in [7, 11) is 0. The Balaban J connectivity index is 3.76. The smallest absolute Gasteiger partial charge is 0.337 e. The molecular weight excluding hydrogens is 368 g/mol. The Hall–Kier alpha value is -1.22. The number of ether oxygens (including phenoxy) is 2. The van der Waals surface area contributed by atoms with Crippen molar-refractivity contribution in [1.82, 2.24) is 0 Å². The van der Waals surface area contributed by atoms with Crippen molar-refractivity contribution >= 4 is 11.9 Å². The number of hydrogen-bond donors (Lipinski definition) is 4. The SMILES string of the molecule is CC(C)OC(=O)[C@@H](O)[C@H](O)CCCCCCCC[C@@H](O)[C@H](O)C(=O)OC(C)C. The van der Waals surface area contributed by atoms with E-state index in [-0.39, 0.29) is 12.2 Å². The van der Waals surface area contributed by atoms with Crippen LogP contribution in [0.2, 0.25) is 0 Å². The molecular formula is C20H38O8. The molecule has 0 unspecified atom stereocenters. The van der Waals surface area contributed by atoms with Crippen molar-refractivity contribution in [3.8, 4) is 0 Å². The van der Waals surface area contributed by atoms with Crippen molar-refractivity contribution in [2.45, 2.75) is 116 Å². The molecule has 0 aromatic heterocycles. The molecule has 166 valence electrons. The Morgan fingerprint density at radius 1 is 0.607 bits per heavy atom. The van der Waals surface area contributed by atoms with Crippen molar-refractivity contribution in [2.75, 3.05) is 0 Å². The first-order valence-electron chi connectivity index (χ1n) is 10.2. The van der Waals surface area contributed by atoms with Gasteiger partial charge in [0.1, 0.15) is 0 Å². The van der Waals surface area contributed by atoms with E-state index in [2.05, 4.69) is 0 Å². The zero-order valence-corrected chi connectivity index (χ0v) is 17.5. The van der Waals surface area contributed by atoms with E-state index < -0.39 is 36.4 Å². The molecule has 0 saturated heterocycles. The minimum atomic E-state index is -1.52. The normalized spacial score (nSPS) is 15.9. The molecule has 0 aliphatic carbocycles. The number of hydrogen-bond acceptors (Lipinski definition) is 8. The van der Waals surface area contributed by atoms with E-state index >= 15 is 0 Å². The van der Waals surface area contributed by atoms with Gasteiger partial charge in [-0.25, -0.2) is 9.59 Å². The summed E-state index contributed by atoms with van der Waals surface area (Å²) in [5, 5.41) is 39.0. The molecule has 0 aliphatic rings. The third-order valence-electron chi connectivity index (χ3n) is 4.17. The highest BCUT2D eigenvalue weighted by Gasteiger charge is 2.26. The Kier molecular flexibility index (Phi) is 14.1. The molecule has 0 aromatic rings. The summed E-state index contributed by atoms with van der Waals surface area (Å²) in [5.41, 5.74) is 0. The third kappa shape index (κ3) is 12.3. The largest absolute Gasteiger partial charge is 0.461 e. The van der Waals surface area contributed by atoms with Crippen LogP contribution >= 0.6 is 0 Å². The van der Waals surface area contributed by atoms with Crippen LogP contribution < -0.4 is 0 Å². The van der Waals surface area contributed by atoms with E-state index in [0.717, 1.165) is 25.7 Å². The van der Waals surface area contributed by atoms with Gasteiger partial charge in [-0.15, -0.1) is 0 Å². The van der Waals surface area contributed by atoms with E-state index in [9.17, 15) is 30.0 Å². The van der Waals surface area contributed by atoms with Gasteiger partial charge < -0.3 is 29.9 Å². The van der Waals surface area contributed by atoms with Crippen LogP contribution in [-0.2, 0) is 19.1 Å². The lowest BCUT2D eigenvalue weighted by atomic mass is 10.0. The fraction of sp³-hybridized carbons (Fsp3) is 0.900. The van der Waals surface area contributed by atoms with Gasteiger partial charge in [0.2, 0.25) is 0 Å². The van der Waals surface area contributed by atoms with Gasteiger partial charge in [-0.05, 0) is 40.5 Å². The molecule has 0 heterocycles.